The highest BCUT2D eigenvalue weighted by molar-refractivity contribution is 5.88. The number of carbonyl (C=O) groups excluding carboxylic acids is 2. The number of amides is 2. The molecule has 1 unspecified atom stereocenters. The van der Waals surface area contributed by atoms with Crippen LogP contribution < -0.4 is 5.32 Å². The Labute approximate surface area is 102 Å². The summed E-state index contributed by atoms with van der Waals surface area (Å²) < 4.78 is 0. The van der Waals surface area contributed by atoms with Crippen molar-refractivity contribution in [2.24, 2.45) is 0 Å². The molecule has 1 aliphatic rings. The predicted octanol–water partition coefficient (Wildman–Crippen LogP) is -0.712. The Balaban J connectivity index is 2.54. The van der Waals surface area contributed by atoms with E-state index in [4.69, 9.17) is 6.42 Å². The molecule has 0 aromatic rings. The fraction of sp³-hybridized carbons (Fsp3) is 0.667. The highest BCUT2D eigenvalue weighted by Gasteiger charge is 2.34. The SMILES string of the molecule is C#CCNCC(=O)N1CCCC1C(=O)N(C)C. The first kappa shape index (κ1) is 13.5. The Bertz CT molecular complexity index is 333. The first-order valence-electron chi connectivity index (χ1n) is 5.72. The lowest BCUT2D eigenvalue weighted by Gasteiger charge is -2.26. The molecule has 1 N–H and O–H groups in total. The summed E-state index contributed by atoms with van der Waals surface area (Å²) in [6, 6.07) is -0.301. The van der Waals surface area contributed by atoms with Crippen LogP contribution in [0.4, 0.5) is 0 Å². The number of likely N-dealkylation sites (N-methyl/N-ethyl adjacent to an activating group) is 1. The van der Waals surface area contributed by atoms with Crippen LogP contribution in [-0.4, -0.2) is 61.4 Å². The number of carbonyl (C=O) groups is 2. The van der Waals surface area contributed by atoms with Gasteiger partial charge in [-0.25, -0.2) is 0 Å². The van der Waals surface area contributed by atoms with E-state index in [0.29, 0.717) is 13.1 Å². The molecule has 5 heteroatoms. The minimum atomic E-state index is -0.301. The molecular weight excluding hydrogens is 218 g/mol. The van der Waals surface area contributed by atoms with E-state index in [0.717, 1.165) is 12.8 Å². The van der Waals surface area contributed by atoms with Crippen molar-refractivity contribution in [3.63, 3.8) is 0 Å². The van der Waals surface area contributed by atoms with Crippen LogP contribution in [0.2, 0.25) is 0 Å². The third-order valence-corrected chi connectivity index (χ3v) is 2.80. The molecule has 2 amide bonds. The second-order valence-electron chi connectivity index (χ2n) is 4.29. The zero-order chi connectivity index (χ0) is 12.8. The lowest BCUT2D eigenvalue weighted by molar-refractivity contribution is -0.141. The lowest BCUT2D eigenvalue weighted by Crippen LogP contribution is -2.48. The summed E-state index contributed by atoms with van der Waals surface area (Å²) in [7, 11) is 3.42. The summed E-state index contributed by atoms with van der Waals surface area (Å²) in [5.41, 5.74) is 0. The van der Waals surface area contributed by atoms with Gasteiger partial charge in [0.15, 0.2) is 0 Å². The predicted molar refractivity (Wildman–Crippen MR) is 65.1 cm³/mol. The van der Waals surface area contributed by atoms with Crippen molar-refractivity contribution in [3.05, 3.63) is 0 Å². The van der Waals surface area contributed by atoms with Crippen molar-refractivity contribution in [2.45, 2.75) is 18.9 Å². The van der Waals surface area contributed by atoms with Gasteiger partial charge in [0.2, 0.25) is 11.8 Å². The smallest absolute Gasteiger partial charge is 0.244 e. The molecule has 1 rings (SSSR count). The average molecular weight is 237 g/mol. The van der Waals surface area contributed by atoms with Crippen LogP contribution >= 0.6 is 0 Å². The lowest BCUT2D eigenvalue weighted by atomic mass is 10.2. The first-order chi connectivity index (χ1) is 8.07. The molecule has 0 aromatic carbocycles. The summed E-state index contributed by atoms with van der Waals surface area (Å²) in [5, 5.41) is 2.85. The minimum Gasteiger partial charge on any atom is -0.347 e. The van der Waals surface area contributed by atoms with Crippen molar-refractivity contribution < 1.29 is 9.59 Å². The Morgan fingerprint density at radius 3 is 2.82 bits per heavy atom. The number of hydrogen-bond donors (Lipinski definition) is 1. The van der Waals surface area contributed by atoms with Crippen LogP contribution in [0.1, 0.15) is 12.8 Å². The quantitative estimate of drug-likeness (QED) is 0.519. The van der Waals surface area contributed by atoms with E-state index in [2.05, 4.69) is 11.2 Å². The largest absolute Gasteiger partial charge is 0.347 e. The van der Waals surface area contributed by atoms with Gasteiger partial charge in [-0.1, -0.05) is 5.92 Å². The van der Waals surface area contributed by atoms with E-state index in [9.17, 15) is 9.59 Å². The second-order valence-corrected chi connectivity index (χ2v) is 4.29. The highest BCUT2D eigenvalue weighted by Crippen LogP contribution is 2.18. The monoisotopic (exact) mass is 237 g/mol. The molecule has 0 saturated carbocycles. The molecule has 1 saturated heterocycles. The highest BCUT2D eigenvalue weighted by atomic mass is 16.2. The summed E-state index contributed by atoms with van der Waals surface area (Å²) in [6.07, 6.45) is 6.71. The number of rotatable bonds is 4. The summed E-state index contributed by atoms with van der Waals surface area (Å²) in [4.78, 5) is 26.9. The topological polar surface area (TPSA) is 52.7 Å². The zero-order valence-corrected chi connectivity index (χ0v) is 10.4. The number of nitrogens with zero attached hydrogens (tertiary/aromatic N) is 2. The van der Waals surface area contributed by atoms with Crippen molar-refractivity contribution in [1.29, 1.82) is 0 Å². The molecule has 0 aromatic heterocycles. The fourth-order valence-corrected chi connectivity index (χ4v) is 1.96. The van der Waals surface area contributed by atoms with Gasteiger partial charge in [0.05, 0.1) is 13.1 Å². The minimum absolute atomic E-state index is 0.00667. The van der Waals surface area contributed by atoms with Gasteiger partial charge in [-0.15, -0.1) is 6.42 Å². The standard InChI is InChI=1S/C12H19N3O2/c1-4-7-13-9-11(16)15-8-5-6-10(15)12(17)14(2)3/h1,10,13H,5-9H2,2-3H3. The molecule has 0 spiro atoms. The molecule has 0 bridgehead atoms. The molecule has 94 valence electrons. The molecule has 5 nitrogen and oxygen atoms in total. The third-order valence-electron chi connectivity index (χ3n) is 2.80. The van der Waals surface area contributed by atoms with E-state index >= 15 is 0 Å². The van der Waals surface area contributed by atoms with Gasteiger partial charge in [0.25, 0.3) is 0 Å². The van der Waals surface area contributed by atoms with Gasteiger partial charge in [0.1, 0.15) is 6.04 Å². The number of terminal acetylenes is 1. The second kappa shape index (κ2) is 6.26. The average Bonchev–Trinajstić information content (AvgIpc) is 2.76. The van der Waals surface area contributed by atoms with Crippen LogP contribution in [-0.2, 0) is 9.59 Å². The van der Waals surface area contributed by atoms with Crippen molar-refractivity contribution in [1.82, 2.24) is 15.1 Å². The van der Waals surface area contributed by atoms with Gasteiger partial charge >= 0.3 is 0 Å². The van der Waals surface area contributed by atoms with E-state index in [1.165, 1.54) is 4.90 Å². The van der Waals surface area contributed by atoms with Crippen LogP contribution in [0.5, 0.6) is 0 Å². The molecule has 1 aliphatic heterocycles. The van der Waals surface area contributed by atoms with Crippen molar-refractivity contribution in [2.75, 3.05) is 33.7 Å². The molecule has 0 radical (unpaired) electrons. The van der Waals surface area contributed by atoms with Crippen molar-refractivity contribution >= 4 is 11.8 Å². The molecule has 17 heavy (non-hydrogen) atoms. The normalized spacial score (nSPS) is 18.9. The number of likely N-dealkylation sites (tertiary alicyclic amines) is 1. The van der Waals surface area contributed by atoms with Gasteiger partial charge in [0, 0.05) is 20.6 Å². The number of nitrogens with one attached hydrogen (secondary N) is 1. The zero-order valence-electron chi connectivity index (χ0n) is 10.4. The van der Waals surface area contributed by atoms with Gasteiger partial charge < -0.3 is 9.80 Å². The van der Waals surface area contributed by atoms with E-state index in [-0.39, 0.29) is 24.4 Å². The molecule has 0 aliphatic carbocycles. The Kier molecular flexibility index (Phi) is 4.98. The van der Waals surface area contributed by atoms with Crippen molar-refractivity contribution in [3.8, 4) is 12.3 Å². The summed E-state index contributed by atoms with van der Waals surface area (Å²) in [6.45, 7) is 1.22. The van der Waals surface area contributed by atoms with E-state index in [1.54, 1.807) is 19.0 Å². The van der Waals surface area contributed by atoms with E-state index in [1.807, 2.05) is 0 Å². The Morgan fingerprint density at radius 2 is 2.24 bits per heavy atom. The maximum Gasteiger partial charge on any atom is 0.244 e. The molecule has 1 atom stereocenters. The van der Waals surface area contributed by atoms with Gasteiger partial charge in [-0.2, -0.15) is 0 Å². The molecule has 1 heterocycles. The van der Waals surface area contributed by atoms with Crippen LogP contribution in [0.25, 0.3) is 0 Å². The summed E-state index contributed by atoms with van der Waals surface area (Å²) >= 11 is 0. The number of hydrogen-bond acceptors (Lipinski definition) is 3. The summed E-state index contributed by atoms with van der Waals surface area (Å²) in [5.74, 6) is 2.34. The van der Waals surface area contributed by atoms with Crippen LogP contribution in [0, 0.1) is 12.3 Å². The van der Waals surface area contributed by atoms with E-state index < -0.39 is 0 Å². The Morgan fingerprint density at radius 1 is 1.53 bits per heavy atom. The maximum atomic E-state index is 11.9. The fourth-order valence-electron chi connectivity index (χ4n) is 1.96. The third kappa shape index (κ3) is 3.46. The molecule has 1 fully saturated rings. The molecular formula is C12H19N3O2. The van der Waals surface area contributed by atoms with Gasteiger partial charge in [-0.05, 0) is 12.8 Å². The Hall–Kier alpha value is -1.54. The first-order valence-corrected chi connectivity index (χ1v) is 5.72. The van der Waals surface area contributed by atoms with Crippen LogP contribution in [0.15, 0.2) is 0 Å². The maximum absolute atomic E-state index is 11.9. The van der Waals surface area contributed by atoms with Gasteiger partial charge in [-0.3, -0.25) is 14.9 Å². The van der Waals surface area contributed by atoms with Crippen LogP contribution in [0.3, 0.4) is 0 Å².